The molecule has 0 aromatic heterocycles. The van der Waals surface area contributed by atoms with Gasteiger partial charge < -0.3 is 19.5 Å². The lowest BCUT2D eigenvalue weighted by molar-refractivity contribution is -0.154. The zero-order chi connectivity index (χ0) is 14.3. The molecule has 0 aromatic rings. The smallest absolute Gasteiger partial charge is 0.319 e. The number of ether oxygens (including phenoxy) is 2. The summed E-state index contributed by atoms with van der Waals surface area (Å²) in [5.41, 5.74) is -1.18. The van der Waals surface area contributed by atoms with Crippen molar-refractivity contribution in [1.82, 2.24) is 4.90 Å². The fourth-order valence-corrected chi connectivity index (χ4v) is 1.90. The van der Waals surface area contributed by atoms with Crippen LogP contribution in [-0.2, 0) is 19.1 Å². The van der Waals surface area contributed by atoms with Crippen LogP contribution < -0.4 is 0 Å². The molecule has 1 amide bonds. The Morgan fingerprint density at radius 3 is 1.89 bits per heavy atom. The van der Waals surface area contributed by atoms with E-state index in [2.05, 4.69) is 0 Å². The Bertz CT molecular complexity index is 304. The van der Waals surface area contributed by atoms with E-state index in [1.807, 2.05) is 13.8 Å². The van der Waals surface area contributed by atoms with Crippen molar-refractivity contribution < 1.29 is 24.2 Å². The Morgan fingerprint density at radius 1 is 1.11 bits per heavy atom. The van der Waals surface area contributed by atoms with Crippen LogP contribution in [-0.4, -0.2) is 61.4 Å². The molecule has 0 aliphatic heterocycles. The summed E-state index contributed by atoms with van der Waals surface area (Å²) in [5.74, 6) is -1.32. The molecule has 0 radical (unpaired) electrons. The van der Waals surface area contributed by atoms with Crippen LogP contribution in [0.15, 0.2) is 0 Å². The SMILES string of the molecule is CCOCCN(CCOCC)C(=O)C1(C(=O)O)CC1. The van der Waals surface area contributed by atoms with Gasteiger partial charge in [0.2, 0.25) is 5.91 Å². The quantitative estimate of drug-likeness (QED) is 0.469. The lowest BCUT2D eigenvalue weighted by Crippen LogP contribution is -2.44. The number of aliphatic carboxylic acids is 1. The second-order valence-corrected chi connectivity index (χ2v) is 4.57. The molecule has 0 saturated heterocycles. The van der Waals surface area contributed by atoms with Crippen molar-refractivity contribution in [3.05, 3.63) is 0 Å². The number of carbonyl (C=O) groups excluding carboxylic acids is 1. The molecular formula is C13H23NO5. The van der Waals surface area contributed by atoms with Crippen LogP contribution in [0.5, 0.6) is 0 Å². The number of carboxylic acids is 1. The summed E-state index contributed by atoms with van der Waals surface area (Å²) < 4.78 is 10.5. The number of rotatable bonds is 10. The summed E-state index contributed by atoms with van der Waals surface area (Å²) in [5, 5.41) is 9.16. The van der Waals surface area contributed by atoms with Gasteiger partial charge in [-0.1, -0.05) is 0 Å². The van der Waals surface area contributed by atoms with Crippen LogP contribution in [0, 0.1) is 5.41 Å². The molecule has 0 aromatic carbocycles. The van der Waals surface area contributed by atoms with Crippen molar-refractivity contribution in [3.63, 3.8) is 0 Å². The highest BCUT2D eigenvalue weighted by Gasteiger charge is 2.58. The van der Waals surface area contributed by atoms with Crippen LogP contribution >= 0.6 is 0 Å². The van der Waals surface area contributed by atoms with E-state index in [1.165, 1.54) is 0 Å². The summed E-state index contributed by atoms with van der Waals surface area (Å²) in [4.78, 5) is 25.0. The van der Waals surface area contributed by atoms with Gasteiger partial charge in [0.25, 0.3) is 0 Å². The molecule has 1 saturated carbocycles. The van der Waals surface area contributed by atoms with Gasteiger partial charge in [0, 0.05) is 26.3 Å². The molecule has 0 bridgehead atoms. The maximum atomic E-state index is 12.3. The second kappa shape index (κ2) is 7.45. The van der Waals surface area contributed by atoms with Crippen LogP contribution in [0.2, 0.25) is 0 Å². The van der Waals surface area contributed by atoms with Gasteiger partial charge in [0.05, 0.1) is 13.2 Å². The highest BCUT2D eigenvalue weighted by molar-refractivity contribution is 6.04. The predicted octanol–water partition coefficient (Wildman–Crippen LogP) is 0.753. The second-order valence-electron chi connectivity index (χ2n) is 4.57. The normalized spacial score (nSPS) is 16.1. The number of carbonyl (C=O) groups is 2. The van der Waals surface area contributed by atoms with Crippen molar-refractivity contribution in [2.45, 2.75) is 26.7 Å². The topological polar surface area (TPSA) is 76.1 Å². The standard InChI is InChI=1S/C13H23NO5/c1-3-18-9-7-14(8-10-19-4-2)11(15)13(5-6-13)12(16)17/h3-10H2,1-2H3,(H,16,17). The molecule has 1 aliphatic rings. The first-order chi connectivity index (χ1) is 9.08. The lowest BCUT2D eigenvalue weighted by Gasteiger charge is -2.25. The summed E-state index contributed by atoms with van der Waals surface area (Å²) in [6.45, 7) is 6.59. The zero-order valence-electron chi connectivity index (χ0n) is 11.7. The molecule has 1 N–H and O–H groups in total. The van der Waals surface area contributed by atoms with Gasteiger partial charge >= 0.3 is 5.97 Å². The molecule has 0 atom stereocenters. The van der Waals surface area contributed by atoms with E-state index in [0.717, 1.165) is 0 Å². The molecule has 19 heavy (non-hydrogen) atoms. The van der Waals surface area contributed by atoms with E-state index in [4.69, 9.17) is 14.6 Å². The van der Waals surface area contributed by atoms with Gasteiger partial charge in [-0.15, -0.1) is 0 Å². The minimum absolute atomic E-state index is 0.306. The molecule has 6 nitrogen and oxygen atoms in total. The average Bonchev–Trinajstić information content (AvgIpc) is 3.18. The van der Waals surface area contributed by atoms with Crippen LogP contribution in [0.3, 0.4) is 0 Å². The summed E-state index contributed by atoms with van der Waals surface area (Å²) in [7, 11) is 0. The zero-order valence-corrected chi connectivity index (χ0v) is 11.7. The largest absolute Gasteiger partial charge is 0.480 e. The third-order valence-corrected chi connectivity index (χ3v) is 3.28. The number of carboxylic acid groups (broad SMARTS) is 1. The van der Waals surface area contributed by atoms with Crippen molar-refractivity contribution in [1.29, 1.82) is 0 Å². The number of nitrogens with zero attached hydrogens (tertiary/aromatic N) is 1. The van der Waals surface area contributed by atoms with Crippen molar-refractivity contribution in [3.8, 4) is 0 Å². The number of hydrogen-bond donors (Lipinski definition) is 1. The van der Waals surface area contributed by atoms with Gasteiger partial charge in [-0.05, 0) is 26.7 Å². The van der Waals surface area contributed by atoms with Gasteiger partial charge in [0.15, 0.2) is 0 Å². The Hall–Kier alpha value is -1.14. The van der Waals surface area contributed by atoms with Gasteiger partial charge in [0.1, 0.15) is 5.41 Å². The Morgan fingerprint density at radius 2 is 1.58 bits per heavy atom. The van der Waals surface area contributed by atoms with Gasteiger partial charge in [-0.25, -0.2) is 0 Å². The Balaban J connectivity index is 2.56. The molecule has 110 valence electrons. The van der Waals surface area contributed by atoms with Crippen molar-refractivity contribution in [2.75, 3.05) is 39.5 Å². The van der Waals surface area contributed by atoms with Crippen molar-refractivity contribution >= 4 is 11.9 Å². The number of amides is 1. The van der Waals surface area contributed by atoms with E-state index in [1.54, 1.807) is 4.90 Å². The molecule has 1 fully saturated rings. The third-order valence-electron chi connectivity index (χ3n) is 3.28. The predicted molar refractivity (Wildman–Crippen MR) is 68.9 cm³/mol. The van der Waals surface area contributed by atoms with Gasteiger partial charge in [-0.3, -0.25) is 9.59 Å². The first-order valence-corrected chi connectivity index (χ1v) is 6.76. The van der Waals surface area contributed by atoms with Crippen LogP contribution in [0.1, 0.15) is 26.7 Å². The van der Waals surface area contributed by atoms with Crippen LogP contribution in [0.4, 0.5) is 0 Å². The fourth-order valence-electron chi connectivity index (χ4n) is 1.90. The summed E-state index contributed by atoms with van der Waals surface area (Å²) >= 11 is 0. The monoisotopic (exact) mass is 273 g/mol. The highest BCUT2D eigenvalue weighted by atomic mass is 16.5. The third kappa shape index (κ3) is 4.18. The van der Waals surface area contributed by atoms with E-state index in [-0.39, 0.29) is 5.91 Å². The molecule has 1 rings (SSSR count). The molecule has 0 heterocycles. The van der Waals surface area contributed by atoms with E-state index in [9.17, 15) is 9.59 Å². The van der Waals surface area contributed by atoms with Gasteiger partial charge in [-0.2, -0.15) is 0 Å². The van der Waals surface area contributed by atoms with Crippen molar-refractivity contribution in [2.24, 2.45) is 5.41 Å². The molecule has 0 spiro atoms. The summed E-state index contributed by atoms with van der Waals surface area (Å²) in [6, 6.07) is 0. The lowest BCUT2D eigenvalue weighted by atomic mass is 10.1. The number of hydrogen-bond acceptors (Lipinski definition) is 4. The van der Waals surface area contributed by atoms with E-state index >= 15 is 0 Å². The molecule has 1 aliphatic carbocycles. The van der Waals surface area contributed by atoms with E-state index in [0.29, 0.717) is 52.4 Å². The first-order valence-electron chi connectivity index (χ1n) is 6.76. The summed E-state index contributed by atoms with van der Waals surface area (Å²) in [6.07, 6.45) is 0.863. The van der Waals surface area contributed by atoms with E-state index < -0.39 is 11.4 Å². The highest BCUT2D eigenvalue weighted by Crippen LogP contribution is 2.47. The average molecular weight is 273 g/mol. The minimum Gasteiger partial charge on any atom is -0.480 e. The molecular weight excluding hydrogens is 250 g/mol. The first kappa shape index (κ1) is 15.9. The van der Waals surface area contributed by atoms with Crippen LogP contribution in [0.25, 0.3) is 0 Å². The Labute approximate surface area is 113 Å². The maximum absolute atomic E-state index is 12.3. The molecule has 0 unspecified atom stereocenters. The molecule has 6 heteroatoms. The fraction of sp³-hybridized carbons (Fsp3) is 0.846. The minimum atomic E-state index is -1.18. The Kier molecular flexibility index (Phi) is 6.24. The maximum Gasteiger partial charge on any atom is 0.319 e.